The van der Waals surface area contributed by atoms with E-state index in [-0.39, 0.29) is 18.2 Å². The molecule has 1 nitrogen and oxygen atoms in total. The summed E-state index contributed by atoms with van der Waals surface area (Å²) in [5.41, 5.74) is -2.68. The van der Waals surface area contributed by atoms with Crippen molar-refractivity contribution in [2.45, 2.75) is 11.6 Å². The van der Waals surface area contributed by atoms with Crippen LogP contribution in [0.4, 0.5) is 26.3 Å². The van der Waals surface area contributed by atoms with Gasteiger partial charge in [0.15, 0.2) is 0 Å². The Labute approximate surface area is 96.0 Å². The molecule has 0 heterocycles. The Morgan fingerprint density at radius 1 is 1.06 bits per heavy atom. The Hall–Kier alpha value is -1.24. The molecule has 0 spiro atoms. The first-order chi connectivity index (χ1) is 7.51. The molecule has 0 fully saturated rings. The fraction of sp³-hybridized carbons (Fsp3) is 0.222. The summed E-state index contributed by atoms with van der Waals surface area (Å²) in [5, 5.41) is -4.38. The Bertz CT molecular complexity index is 448. The van der Waals surface area contributed by atoms with Crippen molar-refractivity contribution in [2.75, 3.05) is 0 Å². The summed E-state index contributed by atoms with van der Waals surface area (Å²) in [5.74, 6) is -3.55. The number of rotatable bonds is 2. The fourth-order valence-electron chi connectivity index (χ4n) is 1.05. The number of benzene rings is 1. The number of carbonyl (C=O) groups is 1. The summed E-state index contributed by atoms with van der Waals surface area (Å²) < 4.78 is 74.1. The van der Waals surface area contributed by atoms with Crippen molar-refractivity contribution in [3.63, 3.8) is 0 Å². The van der Waals surface area contributed by atoms with E-state index in [0.29, 0.717) is 0 Å². The topological polar surface area (TPSA) is 17.1 Å². The molecule has 0 aromatic heterocycles. The van der Waals surface area contributed by atoms with Crippen molar-refractivity contribution < 1.29 is 31.1 Å². The van der Waals surface area contributed by atoms with Crippen LogP contribution < -0.4 is 0 Å². The van der Waals surface area contributed by atoms with Crippen molar-refractivity contribution >= 4 is 17.4 Å². The zero-order valence-electron chi connectivity index (χ0n) is 7.79. The maximum absolute atomic E-state index is 12.8. The second kappa shape index (κ2) is 4.21. The lowest BCUT2D eigenvalue weighted by Gasteiger charge is -2.10. The lowest BCUT2D eigenvalue weighted by atomic mass is 10.1. The number of alkyl halides is 6. The zero-order chi connectivity index (χ0) is 13.4. The van der Waals surface area contributed by atoms with Crippen LogP contribution in [-0.2, 0) is 6.18 Å². The van der Waals surface area contributed by atoms with Gasteiger partial charge in [-0.15, -0.1) is 0 Å². The second-order valence-corrected chi connectivity index (χ2v) is 3.53. The summed E-state index contributed by atoms with van der Waals surface area (Å²) >= 11 is 4.35. The van der Waals surface area contributed by atoms with Gasteiger partial charge in [0.05, 0.1) is 5.56 Å². The van der Waals surface area contributed by atoms with Gasteiger partial charge >= 0.3 is 11.6 Å². The Kier molecular flexibility index (Phi) is 3.42. The van der Waals surface area contributed by atoms with Crippen LogP contribution in [0.5, 0.6) is 0 Å². The molecule has 0 aliphatic carbocycles. The number of ketones is 1. The van der Waals surface area contributed by atoms with E-state index in [2.05, 4.69) is 11.6 Å². The molecule has 0 aliphatic rings. The fourth-order valence-corrected chi connectivity index (χ4v) is 1.16. The molecule has 0 N–H and O–H groups in total. The number of hydrogen-bond acceptors (Lipinski definition) is 1. The highest BCUT2D eigenvalue weighted by Gasteiger charge is 2.39. The van der Waals surface area contributed by atoms with Crippen LogP contribution >= 0.6 is 11.6 Å². The summed E-state index contributed by atoms with van der Waals surface area (Å²) in [6, 6.07) is 0.457. The molecule has 0 unspecified atom stereocenters. The molecule has 0 radical (unpaired) electrons. The van der Waals surface area contributed by atoms with Gasteiger partial charge in [-0.05, 0) is 29.8 Å². The van der Waals surface area contributed by atoms with E-state index in [0.717, 1.165) is 0 Å². The molecule has 17 heavy (non-hydrogen) atoms. The third-order valence-corrected chi connectivity index (χ3v) is 1.92. The molecule has 1 aromatic carbocycles. The minimum Gasteiger partial charge on any atom is -0.286 e. The minimum absolute atomic E-state index is 0.0865. The normalized spacial score (nSPS) is 12.6. The van der Waals surface area contributed by atoms with Crippen LogP contribution in [0.15, 0.2) is 18.2 Å². The Morgan fingerprint density at radius 3 is 2.00 bits per heavy atom. The second-order valence-electron chi connectivity index (χ2n) is 3.05. The van der Waals surface area contributed by atoms with Gasteiger partial charge in [-0.3, -0.25) is 4.79 Å². The van der Waals surface area contributed by atoms with Crippen molar-refractivity contribution in [3.05, 3.63) is 35.1 Å². The van der Waals surface area contributed by atoms with Gasteiger partial charge in [-0.25, -0.2) is 4.39 Å². The lowest BCUT2D eigenvalue weighted by Crippen LogP contribution is -2.22. The molecule has 94 valence electrons. The van der Waals surface area contributed by atoms with Gasteiger partial charge < -0.3 is 0 Å². The smallest absolute Gasteiger partial charge is 0.286 e. The Morgan fingerprint density at radius 2 is 1.59 bits per heavy atom. The van der Waals surface area contributed by atoms with Crippen LogP contribution in [0.25, 0.3) is 0 Å². The van der Waals surface area contributed by atoms with Crippen molar-refractivity contribution in [2.24, 2.45) is 0 Å². The molecule has 0 bridgehead atoms. The van der Waals surface area contributed by atoms with Crippen LogP contribution in [0, 0.1) is 5.82 Å². The van der Waals surface area contributed by atoms with E-state index in [4.69, 9.17) is 0 Å². The highest BCUT2D eigenvalue weighted by Crippen LogP contribution is 2.32. The number of halogens is 7. The molecular formula is C9H3ClF6O. The van der Waals surface area contributed by atoms with Gasteiger partial charge in [0.2, 0.25) is 5.78 Å². The third kappa shape index (κ3) is 3.36. The van der Waals surface area contributed by atoms with Crippen molar-refractivity contribution in [3.8, 4) is 0 Å². The van der Waals surface area contributed by atoms with Crippen LogP contribution in [-0.4, -0.2) is 11.2 Å². The summed E-state index contributed by atoms with van der Waals surface area (Å²) in [6.07, 6.45) is -4.95. The molecule has 0 saturated carbocycles. The van der Waals surface area contributed by atoms with E-state index < -0.39 is 34.3 Å². The standard InChI is InChI=1S/C9H3ClF6O/c10-8(12,13)7(17)4-1-5(9(14,15)16)3-6(11)2-4/h1-3H. The zero-order valence-corrected chi connectivity index (χ0v) is 8.54. The number of hydrogen-bond donors (Lipinski definition) is 0. The quantitative estimate of drug-likeness (QED) is 0.455. The Balaban J connectivity index is 3.29. The van der Waals surface area contributed by atoms with E-state index in [1.165, 1.54) is 0 Å². The maximum Gasteiger partial charge on any atom is 0.416 e. The first kappa shape index (κ1) is 13.8. The number of carbonyl (C=O) groups excluding carboxylic acids is 1. The average molecular weight is 277 g/mol. The van der Waals surface area contributed by atoms with Crippen LogP contribution in [0.2, 0.25) is 0 Å². The third-order valence-electron chi connectivity index (χ3n) is 1.74. The van der Waals surface area contributed by atoms with Gasteiger partial charge in [-0.2, -0.15) is 22.0 Å². The van der Waals surface area contributed by atoms with E-state index in [1.54, 1.807) is 0 Å². The van der Waals surface area contributed by atoms with E-state index in [9.17, 15) is 31.1 Å². The summed E-state index contributed by atoms with van der Waals surface area (Å²) in [7, 11) is 0. The average Bonchev–Trinajstić information content (AvgIpc) is 2.12. The predicted octanol–water partition coefficient (Wildman–Crippen LogP) is 3.86. The lowest BCUT2D eigenvalue weighted by molar-refractivity contribution is -0.137. The molecule has 0 saturated heterocycles. The predicted molar refractivity (Wildman–Crippen MR) is 46.5 cm³/mol. The molecule has 0 amide bonds. The highest BCUT2D eigenvalue weighted by atomic mass is 35.5. The maximum atomic E-state index is 12.8. The summed E-state index contributed by atoms with van der Waals surface area (Å²) in [6.45, 7) is 0. The molecule has 0 atom stereocenters. The van der Waals surface area contributed by atoms with Gasteiger partial charge in [-0.1, -0.05) is 0 Å². The van der Waals surface area contributed by atoms with Gasteiger partial charge in [0, 0.05) is 5.56 Å². The van der Waals surface area contributed by atoms with Gasteiger partial charge in [0.1, 0.15) is 5.82 Å². The van der Waals surface area contributed by atoms with Crippen LogP contribution in [0.3, 0.4) is 0 Å². The van der Waals surface area contributed by atoms with Crippen LogP contribution in [0.1, 0.15) is 15.9 Å². The molecule has 1 rings (SSSR count). The molecular weight excluding hydrogens is 274 g/mol. The molecule has 8 heteroatoms. The van der Waals surface area contributed by atoms with Crippen molar-refractivity contribution in [1.29, 1.82) is 0 Å². The molecule has 1 aromatic rings. The molecule has 0 aliphatic heterocycles. The van der Waals surface area contributed by atoms with Gasteiger partial charge in [0.25, 0.3) is 0 Å². The first-order valence-corrected chi connectivity index (χ1v) is 4.39. The monoisotopic (exact) mass is 276 g/mol. The minimum atomic E-state index is -4.95. The SMILES string of the molecule is O=C(c1cc(F)cc(C(F)(F)F)c1)C(F)(F)Cl. The van der Waals surface area contributed by atoms with E-state index in [1.807, 2.05) is 0 Å². The highest BCUT2D eigenvalue weighted by molar-refractivity contribution is 6.35. The van der Waals surface area contributed by atoms with Crippen molar-refractivity contribution in [1.82, 2.24) is 0 Å². The first-order valence-electron chi connectivity index (χ1n) is 4.01. The number of Topliss-reactive ketones (excluding diaryl/α,β-unsaturated/α-hetero) is 1. The van der Waals surface area contributed by atoms with E-state index >= 15 is 0 Å². The largest absolute Gasteiger partial charge is 0.416 e. The summed E-state index contributed by atoms with van der Waals surface area (Å²) in [4.78, 5) is 10.9.